The number of para-hydroxylation sites is 1. The van der Waals surface area contributed by atoms with E-state index in [1.807, 2.05) is 36.9 Å². The van der Waals surface area contributed by atoms with Crippen molar-refractivity contribution in [3.63, 3.8) is 0 Å². The number of hydrogen-bond acceptors (Lipinski definition) is 9. The molecule has 0 fully saturated rings. The van der Waals surface area contributed by atoms with Gasteiger partial charge in [-0.3, -0.25) is 0 Å². The molecule has 0 unspecified atom stereocenters. The Bertz CT molecular complexity index is 1250. The van der Waals surface area contributed by atoms with Crippen LogP contribution in [0.3, 0.4) is 0 Å². The van der Waals surface area contributed by atoms with Gasteiger partial charge in [-0.1, -0.05) is 17.7 Å². The van der Waals surface area contributed by atoms with E-state index in [1.54, 1.807) is 12.3 Å². The maximum Gasteiger partial charge on any atom is 0.251 e. The highest BCUT2D eigenvalue weighted by Gasteiger charge is 2.25. The summed E-state index contributed by atoms with van der Waals surface area (Å²) in [5.74, 6) is 1.97. The lowest BCUT2D eigenvalue weighted by Gasteiger charge is -2.29. The average Bonchev–Trinajstić information content (AvgIpc) is 3.34. The Balaban J connectivity index is 1.61. The van der Waals surface area contributed by atoms with Gasteiger partial charge < -0.3 is 19.7 Å². The first kappa shape index (κ1) is 18.5. The molecular formula is C19H17ClN8O2. The Labute approximate surface area is 176 Å². The quantitative estimate of drug-likeness (QED) is 0.476. The summed E-state index contributed by atoms with van der Waals surface area (Å²) < 4.78 is 7.35. The summed E-state index contributed by atoms with van der Waals surface area (Å²) in [7, 11) is 2.00. The standard InChI is InChI=1S/C19H17ClN8O2/c1-10-22-16-8-27(2)18-12(4-3-5-14(18)28(16)26-10)23-13-6-15(20)21-7-11(13)19-25-24-17(9-29)30-19/h3-7,29H,8-9H2,1-2H3,(H,21,23). The van der Waals surface area contributed by atoms with Crippen LogP contribution in [0.1, 0.15) is 17.5 Å². The second-order valence-electron chi connectivity index (χ2n) is 6.85. The maximum atomic E-state index is 9.22. The molecule has 0 radical (unpaired) electrons. The first-order chi connectivity index (χ1) is 14.5. The molecule has 0 aliphatic carbocycles. The lowest BCUT2D eigenvalue weighted by atomic mass is 10.1. The minimum atomic E-state index is -0.340. The molecule has 3 aromatic heterocycles. The van der Waals surface area contributed by atoms with E-state index in [2.05, 4.69) is 35.5 Å². The van der Waals surface area contributed by atoms with E-state index in [4.69, 9.17) is 16.0 Å². The SMILES string of the molecule is Cc1nc2n(n1)-c1cccc(Nc3cc(Cl)ncc3-c3nnc(CO)o3)c1N(C)C2. The molecule has 0 amide bonds. The number of rotatable bonds is 4. The molecule has 1 aliphatic heterocycles. The van der Waals surface area contributed by atoms with Crippen molar-refractivity contribution in [3.8, 4) is 17.1 Å². The van der Waals surface area contributed by atoms with Crippen LogP contribution in [-0.4, -0.2) is 42.1 Å². The third-order valence-corrected chi connectivity index (χ3v) is 4.96. The minimum absolute atomic E-state index is 0.122. The van der Waals surface area contributed by atoms with Gasteiger partial charge in [-0.15, -0.1) is 10.2 Å². The fourth-order valence-electron chi connectivity index (χ4n) is 3.52. The topological polar surface area (TPSA) is 118 Å². The van der Waals surface area contributed by atoms with Crippen LogP contribution in [0.25, 0.3) is 17.1 Å². The highest BCUT2D eigenvalue weighted by Crippen LogP contribution is 2.40. The van der Waals surface area contributed by atoms with Crippen molar-refractivity contribution < 1.29 is 9.52 Å². The molecule has 11 heteroatoms. The highest BCUT2D eigenvalue weighted by molar-refractivity contribution is 6.29. The van der Waals surface area contributed by atoms with Gasteiger partial charge in [0, 0.05) is 13.2 Å². The predicted molar refractivity (Wildman–Crippen MR) is 110 cm³/mol. The number of hydrogen-bond donors (Lipinski definition) is 2. The zero-order chi connectivity index (χ0) is 20.8. The van der Waals surface area contributed by atoms with Crippen LogP contribution >= 0.6 is 11.6 Å². The van der Waals surface area contributed by atoms with Crippen LogP contribution in [0.15, 0.2) is 34.9 Å². The Morgan fingerprint density at radius 3 is 2.93 bits per heavy atom. The number of nitrogens with zero attached hydrogens (tertiary/aromatic N) is 7. The Morgan fingerprint density at radius 1 is 1.27 bits per heavy atom. The number of aromatic nitrogens is 6. The van der Waals surface area contributed by atoms with Gasteiger partial charge in [-0.25, -0.2) is 14.6 Å². The summed E-state index contributed by atoms with van der Waals surface area (Å²) >= 11 is 6.15. The summed E-state index contributed by atoms with van der Waals surface area (Å²) in [6.45, 7) is 2.16. The lowest BCUT2D eigenvalue weighted by Crippen LogP contribution is -2.27. The van der Waals surface area contributed by atoms with Crippen LogP contribution in [0, 0.1) is 6.92 Å². The molecule has 152 valence electrons. The molecule has 1 aromatic carbocycles. The van der Waals surface area contributed by atoms with Gasteiger partial charge in [0.2, 0.25) is 5.89 Å². The Kier molecular flexibility index (Phi) is 4.37. The van der Waals surface area contributed by atoms with E-state index in [0.29, 0.717) is 22.9 Å². The Hall–Kier alpha value is -3.50. The van der Waals surface area contributed by atoms with Crippen molar-refractivity contribution in [2.24, 2.45) is 0 Å². The van der Waals surface area contributed by atoms with E-state index < -0.39 is 0 Å². The van der Waals surface area contributed by atoms with Gasteiger partial charge in [-0.05, 0) is 25.1 Å². The van der Waals surface area contributed by atoms with Crippen molar-refractivity contribution in [1.82, 2.24) is 29.9 Å². The van der Waals surface area contributed by atoms with E-state index in [1.165, 1.54) is 0 Å². The molecule has 5 rings (SSSR count). The van der Waals surface area contributed by atoms with Crippen LogP contribution in [0.2, 0.25) is 5.15 Å². The van der Waals surface area contributed by atoms with Gasteiger partial charge in [0.15, 0.2) is 5.82 Å². The van der Waals surface area contributed by atoms with Gasteiger partial charge in [-0.2, -0.15) is 5.10 Å². The van der Waals surface area contributed by atoms with E-state index in [9.17, 15) is 5.11 Å². The number of nitrogens with one attached hydrogen (secondary N) is 1. The Morgan fingerprint density at radius 2 is 2.13 bits per heavy atom. The molecule has 0 atom stereocenters. The third kappa shape index (κ3) is 3.06. The molecule has 0 saturated heterocycles. The molecule has 2 N–H and O–H groups in total. The molecule has 0 saturated carbocycles. The molecule has 0 spiro atoms. The first-order valence-corrected chi connectivity index (χ1v) is 9.54. The molecular weight excluding hydrogens is 408 g/mol. The summed E-state index contributed by atoms with van der Waals surface area (Å²) in [5, 5.41) is 25.3. The largest absolute Gasteiger partial charge is 0.418 e. The van der Waals surface area contributed by atoms with Crippen LogP contribution in [0.5, 0.6) is 0 Å². The van der Waals surface area contributed by atoms with Crippen molar-refractivity contribution in [2.45, 2.75) is 20.1 Å². The van der Waals surface area contributed by atoms with Crippen molar-refractivity contribution in [3.05, 3.63) is 53.2 Å². The number of fused-ring (bicyclic) bond motifs is 3. The van der Waals surface area contributed by atoms with Gasteiger partial charge in [0.1, 0.15) is 17.6 Å². The van der Waals surface area contributed by atoms with Crippen LogP contribution < -0.4 is 10.2 Å². The maximum absolute atomic E-state index is 9.22. The highest BCUT2D eigenvalue weighted by atomic mass is 35.5. The summed E-state index contributed by atoms with van der Waals surface area (Å²) in [4.78, 5) is 10.7. The normalized spacial score (nSPS) is 12.6. The zero-order valence-electron chi connectivity index (χ0n) is 16.2. The third-order valence-electron chi connectivity index (χ3n) is 4.76. The number of aliphatic hydroxyl groups is 1. The van der Waals surface area contributed by atoms with Crippen LogP contribution in [-0.2, 0) is 13.2 Å². The molecule has 4 heterocycles. The molecule has 1 aliphatic rings. The first-order valence-electron chi connectivity index (χ1n) is 9.16. The van der Waals surface area contributed by atoms with E-state index in [-0.39, 0.29) is 18.4 Å². The number of halogens is 1. The number of aryl methyl sites for hydroxylation is 1. The van der Waals surface area contributed by atoms with E-state index in [0.717, 1.165) is 28.7 Å². The van der Waals surface area contributed by atoms with Crippen molar-refractivity contribution in [2.75, 3.05) is 17.3 Å². The van der Waals surface area contributed by atoms with Gasteiger partial charge in [0.25, 0.3) is 5.89 Å². The average molecular weight is 425 g/mol. The number of aliphatic hydroxyl groups excluding tert-OH is 1. The fraction of sp³-hybridized carbons (Fsp3) is 0.211. The number of pyridine rings is 1. The van der Waals surface area contributed by atoms with Gasteiger partial charge in [0.05, 0.1) is 34.9 Å². The second kappa shape index (κ2) is 7.08. The number of anilines is 3. The lowest BCUT2D eigenvalue weighted by molar-refractivity contribution is 0.241. The van der Waals surface area contributed by atoms with E-state index >= 15 is 0 Å². The summed E-state index contributed by atoms with van der Waals surface area (Å²) in [5.41, 5.74) is 3.95. The van der Waals surface area contributed by atoms with Crippen molar-refractivity contribution >= 4 is 28.7 Å². The monoisotopic (exact) mass is 424 g/mol. The summed E-state index contributed by atoms with van der Waals surface area (Å²) in [6.07, 6.45) is 1.55. The van der Waals surface area contributed by atoms with Crippen LogP contribution in [0.4, 0.5) is 17.1 Å². The molecule has 0 bridgehead atoms. The number of benzene rings is 1. The van der Waals surface area contributed by atoms with Crippen molar-refractivity contribution in [1.29, 1.82) is 0 Å². The fourth-order valence-corrected chi connectivity index (χ4v) is 3.68. The zero-order valence-corrected chi connectivity index (χ0v) is 16.9. The summed E-state index contributed by atoms with van der Waals surface area (Å²) in [6, 6.07) is 7.60. The smallest absolute Gasteiger partial charge is 0.251 e. The van der Waals surface area contributed by atoms with Gasteiger partial charge >= 0.3 is 0 Å². The minimum Gasteiger partial charge on any atom is -0.418 e. The molecule has 10 nitrogen and oxygen atoms in total. The predicted octanol–water partition coefficient (Wildman–Crippen LogP) is 2.86. The molecule has 4 aromatic rings. The molecule has 30 heavy (non-hydrogen) atoms. The second-order valence-corrected chi connectivity index (χ2v) is 7.24.